The Hall–Kier alpha value is -2.25. The lowest BCUT2D eigenvalue weighted by molar-refractivity contribution is -0.0945. The molecule has 25 heavy (non-hydrogen) atoms. The highest BCUT2D eigenvalue weighted by atomic mass is 16.6. The maximum atomic E-state index is 5.78. The smallest absolute Gasteiger partial charge is 0.177 e. The summed E-state index contributed by atoms with van der Waals surface area (Å²) >= 11 is 0. The van der Waals surface area contributed by atoms with Crippen LogP contribution in [0.4, 0.5) is 0 Å². The first-order valence-electron chi connectivity index (χ1n) is 8.76. The second kappa shape index (κ2) is 6.93. The van der Waals surface area contributed by atoms with Crippen LogP contribution in [0, 0.1) is 5.92 Å². The van der Waals surface area contributed by atoms with Crippen molar-refractivity contribution in [2.24, 2.45) is 5.92 Å². The summed E-state index contributed by atoms with van der Waals surface area (Å²) in [4.78, 5) is 12.6. The van der Waals surface area contributed by atoms with Gasteiger partial charge in [-0.15, -0.1) is 0 Å². The van der Waals surface area contributed by atoms with Crippen LogP contribution < -0.4 is 0 Å². The van der Waals surface area contributed by atoms with Gasteiger partial charge in [0.1, 0.15) is 17.4 Å². The molecule has 1 unspecified atom stereocenters. The summed E-state index contributed by atoms with van der Waals surface area (Å²) in [7, 11) is 0. The Morgan fingerprint density at radius 2 is 2.16 bits per heavy atom. The summed E-state index contributed by atoms with van der Waals surface area (Å²) < 4.78 is 13.2. The van der Waals surface area contributed by atoms with Gasteiger partial charge >= 0.3 is 0 Å². The predicted molar refractivity (Wildman–Crippen MR) is 94.2 cm³/mol. The van der Waals surface area contributed by atoms with E-state index >= 15 is 0 Å². The number of ether oxygens (including phenoxy) is 2. The predicted octanol–water partition coefficient (Wildman–Crippen LogP) is 2.44. The number of nitrogens with one attached hydrogen (secondary N) is 1. The van der Waals surface area contributed by atoms with Crippen LogP contribution in [-0.4, -0.2) is 50.7 Å². The quantitative estimate of drug-likeness (QED) is 0.771. The molecule has 4 rings (SSSR count). The van der Waals surface area contributed by atoms with Crippen LogP contribution >= 0.6 is 0 Å². The van der Waals surface area contributed by atoms with Crippen molar-refractivity contribution in [2.45, 2.75) is 32.9 Å². The molecule has 1 fully saturated rings. The molecule has 4 heterocycles. The zero-order valence-electron chi connectivity index (χ0n) is 14.6. The second-order valence-corrected chi connectivity index (χ2v) is 6.81. The molecule has 0 aromatic carbocycles. The zero-order valence-corrected chi connectivity index (χ0v) is 14.6. The molecule has 1 aliphatic rings. The third-order valence-corrected chi connectivity index (χ3v) is 4.21. The summed E-state index contributed by atoms with van der Waals surface area (Å²) in [6.07, 6.45) is 2.73. The third kappa shape index (κ3) is 3.57. The van der Waals surface area contributed by atoms with Crippen LogP contribution in [0.5, 0.6) is 0 Å². The van der Waals surface area contributed by atoms with Crippen LogP contribution in [0.2, 0.25) is 0 Å². The molecule has 1 saturated heterocycles. The summed E-state index contributed by atoms with van der Waals surface area (Å²) in [6, 6.07) is 6.05. The maximum Gasteiger partial charge on any atom is 0.177 e. The molecular formula is C18H23N5O2. The monoisotopic (exact) mass is 341 g/mol. The molecule has 0 spiro atoms. The standard InChI is InChI=1S/C18H23N5O2/c1-12(2)9-16-21-18(15-4-3-13-5-6-19-17(13)20-15)23(22-16)10-14-11-24-7-8-25-14/h3-6,12,14H,7-11H2,1-2H3,(H,19,20). The van der Waals surface area contributed by atoms with Gasteiger partial charge in [-0.2, -0.15) is 5.10 Å². The van der Waals surface area contributed by atoms with Crippen molar-refractivity contribution in [3.05, 3.63) is 30.2 Å². The minimum absolute atomic E-state index is 0.00433. The van der Waals surface area contributed by atoms with E-state index in [0.717, 1.165) is 34.8 Å². The first-order chi connectivity index (χ1) is 12.2. The molecule has 1 aliphatic heterocycles. The lowest BCUT2D eigenvalue weighted by Crippen LogP contribution is -2.32. The van der Waals surface area contributed by atoms with E-state index in [9.17, 15) is 0 Å². The molecular weight excluding hydrogens is 318 g/mol. The van der Waals surface area contributed by atoms with E-state index in [1.165, 1.54) is 0 Å². The highest BCUT2D eigenvalue weighted by molar-refractivity contribution is 5.77. The minimum atomic E-state index is -0.00433. The van der Waals surface area contributed by atoms with Gasteiger partial charge in [-0.25, -0.2) is 14.6 Å². The first kappa shape index (κ1) is 16.2. The van der Waals surface area contributed by atoms with Crippen molar-refractivity contribution in [3.63, 3.8) is 0 Å². The van der Waals surface area contributed by atoms with Gasteiger partial charge < -0.3 is 14.5 Å². The van der Waals surface area contributed by atoms with Gasteiger partial charge in [0.25, 0.3) is 0 Å². The van der Waals surface area contributed by atoms with Gasteiger partial charge in [0, 0.05) is 18.0 Å². The van der Waals surface area contributed by atoms with Crippen molar-refractivity contribution in [1.82, 2.24) is 24.7 Å². The molecule has 7 heteroatoms. The van der Waals surface area contributed by atoms with E-state index < -0.39 is 0 Å². The van der Waals surface area contributed by atoms with Crippen LogP contribution in [0.15, 0.2) is 24.4 Å². The van der Waals surface area contributed by atoms with E-state index in [-0.39, 0.29) is 6.10 Å². The number of rotatable bonds is 5. The summed E-state index contributed by atoms with van der Waals surface area (Å²) in [5, 5.41) is 5.79. The van der Waals surface area contributed by atoms with Gasteiger partial charge in [-0.05, 0) is 24.1 Å². The van der Waals surface area contributed by atoms with E-state index in [4.69, 9.17) is 24.5 Å². The van der Waals surface area contributed by atoms with Crippen LogP contribution in [0.1, 0.15) is 19.7 Å². The van der Waals surface area contributed by atoms with Gasteiger partial charge in [0.2, 0.25) is 0 Å². The lowest BCUT2D eigenvalue weighted by Gasteiger charge is -2.23. The first-order valence-corrected chi connectivity index (χ1v) is 8.76. The highest BCUT2D eigenvalue weighted by Crippen LogP contribution is 2.21. The Balaban J connectivity index is 1.68. The Labute approximate surface area is 146 Å². The topological polar surface area (TPSA) is 77.9 Å². The van der Waals surface area contributed by atoms with Crippen LogP contribution in [-0.2, 0) is 22.4 Å². The Bertz CT molecular complexity index is 848. The van der Waals surface area contributed by atoms with E-state index in [1.54, 1.807) is 0 Å². The number of H-pyrrole nitrogens is 1. The lowest BCUT2D eigenvalue weighted by atomic mass is 10.1. The van der Waals surface area contributed by atoms with E-state index in [1.807, 2.05) is 23.0 Å². The van der Waals surface area contributed by atoms with Crippen molar-refractivity contribution >= 4 is 11.0 Å². The van der Waals surface area contributed by atoms with Crippen molar-refractivity contribution in [3.8, 4) is 11.5 Å². The average Bonchev–Trinajstić information content (AvgIpc) is 3.21. The van der Waals surface area contributed by atoms with Crippen LogP contribution in [0.25, 0.3) is 22.6 Å². The molecule has 3 aromatic heterocycles. The number of aromatic amines is 1. The normalized spacial score (nSPS) is 18.3. The SMILES string of the molecule is CC(C)Cc1nc(-c2ccc3cc[nH]c3n2)n(CC2COCCO2)n1. The Kier molecular flexibility index (Phi) is 4.50. The highest BCUT2D eigenvalue weighted by Gasteiger charge is 2.20. The van der Waals surface area contributed by atoms with Gasteiger partial charge in [0.05, 0.1) is 26.4 Å². The Morgan fingerprint density at radius 1 is 1.24 bits per heavy atom. The number of hydrogen-bond donors (Lipinski definition) is 1. The molecule has 0 bridgehead atoms. The average molecular weight is 341 g/mol. The minimum Gasteiger partial charge on any atom is -0.376 e. The fourth-order valence-electron chi connectivity index (χ4n) is 3.05. The molecule has 0 radical (unpaired) electrons. The number of pyridine rings is 1. The largest absolute Gasteiger partial charge is 0.376 e. The van der Waals surface area contributed by atoms with Crippen molar-refractivity contribution in [2.75, 3.05) is 19.8 Å². The summed E-state index contributed by atoms with van der Waals surface area (Å²) in [5.74, 6) is 2.12. The zero-order chi connectivity index (χ0) is 17.2. The summed E-state index contributed by atoms with van der Waals surface area (Å²) in [6.45, 7) is 6.82. The summed E-state index contributed by atoms with van der Waals surface area (Å²) in [5.41, 5.74) is 1.67. The molecule has 0 saturated carbocycles. The van der Waals surface area contributed by atoms with Gasteiger partial charge in [-0.3, -0.25) is 0 Å². The molecule has 0 amide bonds. The maximum absolute atomic E-state index is 5.78. The third-order valence-electron chi connectivity index (χ3n) is 4.21. The molecule has 1 N–H and O–H groups in total. The molecule has 3 aromatic rings. The van der Waals surface area contributed by atoms with Crippen LogP contribution in [0.3, 0.4) is 0 Å². The molecule has 1 atom stereocenters. The van der Waals surface area contributed by atoms with Gasteiger partial charge in [-0.1, -0.05) is 13.8 Å². The molecule has 7 nitrogen and oxygen atoms in total. The Morgan fingerprint density at radius 3 is 2.96 bits per heavy atom. The number of aromatic nitrogens is 5. The fraction of sp³-hybridized carbons (Fsp3) is 0.500. The molecule has 0 aliphatic carbocycles. The van der Waals surface area contributed by atoms with E-state index in [2.05, 4.69) is 24.9 Å². The second-order valence-electron chi connectivity index (χ2n) is 6.81. The van der Waals surface area contributed by atoms with Gasteiger partial charge in [0.15, 0.2) is 11.6 Å². The fourth-order valence-corrected chi connectivity index (χ4v) is 3.05. The van der Waals surface area contributed by atoms with E-state index in [0.29, 0.717) is 32.3 Å². The number of fused-ring (bicyclic) bond motifs is 1. The number of nitrogens with zero attached hydrogens (tertiary/aromatic N) is 4. The molecule has 132 valence electrons. The number of hydrogen-bond acceptors (Lipinski definition) is 5. The van der Waals surface area contributed by atoms with Crippen molar-refractivity contribution in [1.29, 1.82) is 0 Å². The van der Waals surface area contributed by atoms with Crippen molar-refractivity contribution < 1.29 is 9.47 Å².